The number of nitrogens with zero attached hydrogens (tertiary/aromatic N) is 1. The van der Waals surface area contributed by atoms with Gasteiger partial charge in [0.2, 0.25) is 0 Å². The van der Waals surface area contributed by atoms with Crippen molar-refractivity contribution < 1.29 is 0 Å². The van der Waals surface area contributed by atoms with Gasteiger partial charge in [-0.05, 0) is 30.9 Å². The molecule has 0 spiro atoms. The second kappa shape index (κ2) is 3.99. The predicted octanol–water partition coefficient (Wildman–Crippen LogP) is 2.77. The topological polar surface area (TPSA) is 29.4 Å². The standard InChI is InChI=1S/C8H11NO/c10-9-8-6-4-2-1-3-5-7-8/h1-2,7H,3-6H2/b2-1-,8-7+. The Morgan fingerprint density at radius 3 is 2.80 bits per heavy atom. The van der Waals surface area contributed by atoms with Gasteiger partial charge in [-0.25, -0.2) is 0 Å². The van der Waals surface area contributed by atoms with Crippen LogP contribution in [0.4, 0.5) is 0 Å². The molecule has 0 aromatic carbocycles. The van der Waals surface area contributed by atoms with E-state index in [1.54, 1.807) is 0 Å². The van der Waals surface area contributed by atoms with Crippen LogP contribution in [-0.2, 0) is 0 Å². The lowest BCUT2D eigenvalue weighted by atomic mass is 10.1. The van der Waals surface area contributed by atoms with E-state index in [-0.39, 0.29) is 0 Å². The Morgan fingerprint density at radius 1 is 1.20 bits per heavy atom. The molecule has 2 heteroatoms. The first-order valence-electron chi connectivity index (χ1n) is 3.61. The van der Waals surface area contributed by atoms with Crippen molar-refractivity contribution in [3.05, 3.63) is 28.8 Å². The highest BCUT2D eigenvalue weighted by atomic mass is 16.3. The van der Waals surface area contributed by atoms with Crippen molar-refractivity contribution in [3.63, 3.8) is 0 Å². The molecule has 0 unspecified atom stereocenters. The van der Waals surface area contributed by atoms with Crippen molar-refractivity contribution in [2.75, 3.05) is 0 Å². The molecule has 0 saturated carbocycles. The SMILES string of the molecule is O=N/C1=C/CC/C=C\CC1. The fraction of sp³-hybridized carbons (Fsp3) is 0.500. The summed E-state index contributed by atoms with van der Waals surface area (Å²) in [5.41, 5.74) is 0.712. The monoisotopic (exact) mass is 137 g/mol. The average molecular weight is 137 g/mol. The Kier molecular flexibility index (Phi) is 2.87. The summed E-state index contributed by atoms with van der Waals surface area (Å²) < 4.78 is 0. The molecule has 0 aromatic heterocycles. The molecule has 0 fully saturated rings. The molecule has 0 heterocycles. The lowest BCUT2D eigenvalue weighted by molar-refractivity contribution is 0.896. The van der Waals surface area contributed by atoms with E-state index in [2.05, 4.69) is 17.3 Å². The zero-order chi connectivity index (χ0) is 7.23. The van der Waals surface area contributed by atoms with Gasteiger partial charge in [0.05, 0.1) is 5.70 Å². The van der Waals surface area contributed by atoms with Gasteiger partial charge >= 0.3 is 0 Å². The Bertz CT molecular complexity index is 170. The molecule has 54 valence electrons. The summed E-state index contributed by atoms with van der Waals surface area (Å²) in [5, 5.41) is 2.93. The van der Waals surface area contributed by atoms with Gasteiger partial charge in [-0.3, -0.25) is 0 Å². The molecule has 0 saturated heterocycles. The van der Waals surface area contributed by atoms with Crippen molar-refractivity contribution in [2.24, 2.45) is 5.18 Å². The van der Waals surface area contributed by atoms with Crippen LogP contribution in [0.3, 0.4) is 0 Å². The highest BCUT2D eigenvalue weighted by Gasteiger charge is 1.96. The highest BCUT2D eigenvalue weighted by Crippen LogP contribution is 2.12. The summed E-state index contributed by atoms with van der Waals surface area (Å²) in [4.78, 5) is 10.1. The summed E-state index contributed by atoms with van der Waals surface area (Å²) in [7, 11) is 0. The van der Waals surface area contributed by atoms with E-state index < -0.39 is 0 Å². The second-order valence-electron chi connectivity index (χ2n) is 2.37. The highest BCUT2D eigenvalue weighted by molar-refractivity contribution is 5.04. The molecule has 1 rings (SSSR count). The van der Waals surface area contributed by atoms with Gasteiger partial charge in [0, 0.05) is 0 Å². The van der Waals surface area contributed by atoms with E-state index in [1.807, 2.05) is 6.08 Å². The Labute approximate surface area is 60.6 Å². The molecule has 1 aliphatic carbocycles. The zero-order valence-corrected chi connectivity index (χ0v) is 5.92. The minimum Gasteiger partial charge on any atom is -0.145 e. The van der Waals surface area contributed by atoms with Crippen LogP contribution in [0.2, 0.25) is 0 Å². The lowest BCUT2D eigenvalue weighted by Crippen LogP contribution is -1.81. The molecule has 0 amide bonds. The fourth-order valence-corrected chi connectivity index (χ4v) is 0.998. The first-order chi connectivity index (χ1) is 4.93. The second-order valence-corrected chi connectivity index (χ2v) is 2.37. The molecule has 0 radical (unpaired) electrons. The number of allylic oxidation sites excluding steroid dienone is 4. The van der Waals surface area contributed by atoms with Crippen molar-refractivity contribution in [3.8, 4) is 0 Å². The third kappa shape index (κ3) is 2.13. The lowest BCUT2D eigenvalue weighted by Gasteiger charge is -1.98. The van der Waals surface area contributed by atoms with Crippen LogP contribution in [0.5, 0.6) is 0 Å². The van der Waals surface area contributed by atoms with Crippen molar-refractivity contribution in [2.45, 2.75) is 25.7 Å². The van der Waals surface area contributed by atoms with Crippen LogP contribution >= 0.6 is 0 Å². The number of hydrogen-bond donors (Lipinski definition) is 0. The van der Waals surface area contributed by atoms with Crippen molar-refractivity contribution >= 4 is 0 Å². The predicted molar refractivity (Wildman–Crippen MR) is 41.5 cm³/mol. The first-order valence-corrected chi connectivity index (χ1v) is 3.61. The van der Waals surface area contributed by atoms with Crippen LogP contribution in [0.1, 0.15) is 25.7 Å². The van der Waals surface area contributed by atoms with Crippen molar-refractivity contribution in [1.82, 2.24) is 0 Å². The molecule has 0 bridgehead atoms. The normalized spacial score (nSPS) is 27.4. The third-order valence-electron chi connectivity index (χ3n) is 1.56. The molecule has 0 N–H and O–H groups in total. The van der Waals surface area contributed by atoms with Crippen molar-refractivity contribution in [1.29, 1.82) is 0 Å². The molecule has 10 heavy (non-hydrogen) atoms. The molecule has 0 atom stereocenters. The summed E-state index contributed by atoms with van der Waals surface area (Å²) in [6, 6.07) is 0. The minimum absolute atomic E-state index is 0.712. The van der Waals surface area contributed by atoms with Crippen LogP contribution in [0.25, 0.3) is 0 Å². The van der Waals surface area contributed by atoms with Gasteiger partial charge in [-0.15, -0.1) is 4.91 Å². The molecule has 2 nitrogen and oxygen atoms in total. The maximum atomic E-state index is 10.1. The largest absolute Gasteiger partial charge is 0.145 e. The van der Waals surface area contributed by atoms with E-state index in [9.17, 15) is 4.91 Å². The average Bonchev–Trinajstić information content (AvgIpc) is 1.87. The molecule has 0 aliphatic heterocycles. The minimum atomic E-state index is 0.712. The summed E-state index contributed by atoms with van der Waals surface area (Å²) in [5.74, 6) is 0. The van der Waals surface area contributed by atoms with Crippen LogP contribution in [0.15, 0.2) is 29.1 Å². The van der Waals surface area contributed by atoms with E-state index >= 15 is 0 Å². The van der Waals surface area contributed by atoms with E-state index in [4.69, 9.17) is 0 Å². The fourth-order valence-electron chi connectivity index (χ4n) is 0.998. The molecule has 1 aliphatic rings. The Hall–Kier alpha value is -0.920. The van der Waals surface area contributed by atoms with Gasteiger partial charge in [-0.1, -0.05) is 18.2 Å². The molecular weight excluding hydrogens is 126 g/mol. The number of hydrogen-bond acceptors (Lipinski definition) is 2. The number of rotatable bonds is 1. The smallest absolute Gasteiger partial charge is 0.0812 e. The van der Waals surface area contributed by atoms with E-state index in [0.29, 0.717) is 5.70 Å². The van der Waals surface area contributed by atoms with E-state index in [0.717, 1.165) is 25.7 Å². The van der Waals surface area contributed by atoms with Crippen LogP contribution < -0.4 is 0 Å². The first kappa shape index (κ1) is 7.19. The van der Waals surface area contributed by atoms with Gasteiger partial charge in [-0.2, -0.15) is 0 Å². The summed E-state index contributed by atoms with van der Waals surface area (Å²) in [6.07, 6.45) is 9.95. The Morgan fingerprint density at radius 2 is 2.00 bits per heavy atom. The van der Waals surface area contributed by atoms with Crippen LogP contribution in [-0.4, -0.2) is 0 Å². The van der Waals surface area contributed by atoms with Gasteiger partial charge in [0.25, 0.3) is 0 Å². The molecule has 0 aromatic rings. The van der Waals surface area contributed by atoms with Gasteiger partial charge < -0.3 is 0 Å². The summed E-state index contributed by atoms with van der Waals surface area (Å²) >= 11 is 0. The third-order valence-corrected chi connectivity index (χ3v) is 1.56. The van der Waals surface area contributed by atoms with Crippen LogP contribution in [0, 0.1) is 4.91 Å². The Balaban J connectivity index is 2.49. The summed E-state index contributed by atoms with van der Waals surface area (Å²) in [6.45, 7) is 0. The maximum absolute atomic E-state index is 10.1. The molecular formula is C8H11NO. The quantitative estimate of drug-likeness (QED) is 0.403. The van der Waals surface area contributed by atoms with E-state index in [1.165, 1.54) is 0 Å². The van der Waals surface area contributed by atoms with Gasteiger partial charge in [0.1, 0.15) is 0 Å². The van der Waals surface area contributed by atoms with Gasteiger partial charge in [0.15, 0.2) is 0 Å². The maximum Gasteiger partial charge on any atom is 0.0812 e. The number of nitroso groups, excluding NO2 is 1. The zero-order valence-electron chi connectivity index (χ0n) is 5.92.